The Kier molecular flexibility index (Phi) is 3.69. The van der Waals surface area contributed by atoms with Gasteiger partial charge >= 0.3 is 0 Å². The lowest BCUT2D eigenvalue weighted by atomic mass is 9.71. The van der Waals surface area contributed by atoms with Crippen LogP contribution in [0.1, 0.15) is 38.3 Å². The molecule has 114 valence electrons. The monoisotopic (exact) mass is 293 g/mol. The molecule has 1 unspecified atom stereocenters. The van der Waals surface area contributed by atoms with E-state index >= 15 is 0 Å². The lowest BCUT2D eigenvalue weighted by Gasteiger charge is -2.32. The summed E-state index contributed by atoms with van der Waals surface area (Å²) in [6, 6.07) is 16.1. The van der Waals surface area contributed by atoms with Gasteiger partial charge in [0.2, 0.25) is 0 Å². The zero-order valence-corrected chi connectivity index (χ0v) is 13.4. The smallest absolute Gasteiger partial charge is 0.115 e. The summed E-state index contributed by atoms with van der Waals surface area (Å²) in [4.78, 5) is 3.40. The maximum Gasteiger partial charge on any atom is 0.115 e. The number of hydrogen-bond donors (Lipinski definition) is 2. The number of phenolic OH excluding ortho intramolecular Hbond substituents is 1. The van der Waals surface area contributed by atoms with Crippen LogP contribution in [0, 0.1) is 5.92 Å². The highest BCUT2D eigenvalue weighted by atomic mass is 16.3. The number of hydrogen-bond acceptors (Lipinski definition) is 1. The number of aromatic amines is 1. The number of para-hydroxylation sites is 1. The molecule has 1 atom stereocenters. The van der Waals surface area contributed by atoms with E-state index in [9.17, 15) is 5.11 Å². The van der Waals surface area contributed by atoms with Crippen LogP contribution in [0.4, 0.5) is 0 Å². The minimum atomic E-state index is -0.0819. The van der Waals surface area contributed by atoms with Crippen molar-refractivity contribution in [3.8, 4) is 5.75 Å². The Labute approximate surface area is 131 Å². The minimum absolute atomic E-state index is 0.0819. The summed E-state index contributed by atoms with van der Waals surface area (Å²) in [7, 11) is 0. The van der Waals surface area contributed by atoms with Gasteiger partial charge < -0.3 is 10.1 Å². The SMILES string of the molecule is CC(C)CC(C)(c1ccc(O)cc1)c1c[nH]c2ccccc12. The number of benzene rings is 2. The number of H-pyrrole nitrogens is 1. The second-order valence-corrected chi connectivity index (χ2v) is 6.72. The van der Waals surface area contributed by atoms with Crippen molar-refractivity contribution in [1.82, 2.24) is 4.98 Å². The van der Waals surface area contributed by atoms with Crippen LogP contribution in [0.5, 0.6) is 5.75 Å². The molecule has 0 bridgehead atoms. The van der Waals surface area contributed by atoms with Crippen LogP contribution in [0.2, 0.25) is 0 Å². The Morgan fingerprint density at radius 2 is 1.73 bits per heavy atom. The third-order valence-electron chi connectivity index (χ3n) is 4.50. The van der Waals surface area contributed by atoms with Gasteiger partial charge in [0.15, 0.2) is 0 Å². The van der Waals surface area contributed by atoms with Crippen molar-refractivity contribution in [2.45, 2.75) is 32.6 Å². The molecule has 0 radical (unpaired) electrons. The number of aromatic hydroxyl groups is 1. The largest absolute Gasteiger partial charge is 0.508 e. The number of aromatic nitrogens is 1. The van der Waals surface area contributed by atoms with Crippen molar-refractivity contribution in [3.05, 3.63) is 65.9 Å². The first-order valence-electron chi connectivity index (χ1n) is 7.87. The Morgan fingerprint density at radius 3 is 2.41 bits per heavy atom. The first-order chi connectivity index (χ1) is 10.5. The van der Waals surface area contributed by atoms with E-state index in [-0.39, 0.29) is 5.41 Å². The van der Waals surface area contributed by atoms with Gasteiger partial charge in [0.25, 0.3) is 0 Å². The van der Waals surface area contributed by atoms with E-state index in [4.69, 9.17) is 0 Å². The first kappa shape index (κ1) is 14.7. The second-order valence-electron chi connectivity index (χ2n) is 6.72. The Balaban J connectivity index is 2.19. The highest BCUT2D eigenvalue weighted by molar-refractivity contribution is 5.84. The fourth-order valence-corrected chi connectivity index (χ4v) is 3.56. The van der Waals surface area contributed by atoms with Crippen LogP contribution >= 0.6 is 0 Å². The third-order valence-corrected chi connectivity index (χ3v) is 4.50. The molecule has 2 nitrogen and oxygen atoms in total. The van der Waals surface area contributed by atoms with Crippen molar-refractivity contribution in [3.63, 3.8) is 0 Å². The van der Waals surface area contributed by atoms with E-state index in [1.807, 2.05) is 12.1 Å². The van der Waals surface area contributed by atoms with Gasteiger partial charge in [0.05, 0.1) is 0 Å². The van der Waals surface area contributed by atoms with Crippen LogP contribution < -0.4 is 0 Å². The van der Waals surface area contributed by atoms with Crippen LogP contribution in [0.3, 0.4) is 0 Å². The molecule has 0 aliphatic heterocycles. The standard InChI is InChI=1S/C20H23NO/c1-14(2)12-20(3,15-8-10-16(22)11-9-15)18-13-21-19-7-5-4-6-17(18)19/h4-11,13-14,21-22H,12H2,1-3H3. The topological polar surface area (TPSA) is 36.0 Å². The van der Waals surface area contributed by atoms with Crippen LogP contribution in [-0.4, -0.2) is 10.1 Å². The zero-order valence-electron chi connectivity index (χ0n) is 13.4. The summed E-state index contributed by atoms with van der Waals surface area (Å²) >= 11 is 0. The van der Waals surface area contributed by atoms with E-state index in [0.29, 0.717) is 11.7 Å². The maximum atomic E-state index is 9.60. The molecule has 0 saturated carbocycles. The van der Waals surface area contributed by atoms with E-state index in [1.165, 1.54) is 22.0 Å². The summed E-state index contributed by atoms with van der Waals surface area (Å²) in [6.45, 7) is 6.82. The van der Waals surface area contributed by atoms with Gasteiger partial charge in [-0.1, -0.05) is 51.1 Å². The van der Waals surface area contributed by atoms with Gasteiger partial charge in [0.1, 0.15) is 5.75 Å². The van der Waals surface area contributed by atoms with Crippen molar-refractivity contribution >= 4 is 10.9 Å². The average molecular weight is 293 g/mol. The van der Waals surface area contributed by atoms with Crippen LogP contribution in [0.25, 0.3) is 10.9 Å². The van der Waals surface area contributed by atoms with Crippen molar-refractivity contribution < 1.29 is 5.11 Å². The van der Waals surface area contributed by atoms with E-state index < -0.39 is 0 Å². The Bertz CT molecular complexity index is 770. The molecule has 22 heavy (non-hydrogen) atoms. The number of fused-ring (bicyclic) bond motifs is 1. The highest BCUT2D eigenvalue weighted by Gasteiger charge is 2.32. The number of phenols is 1. The Morgan fingerprint density at radius 1 is 1.05 bits per heavy atom. The summed E-state index contributed by atoms with van der Waals surface area (Å²) in [5, 5.41) is 10.9. The predicted molar refractivity (Wildman–Crippen MR) is 92.3 cm³/mol. The molecule has 0 saturated heterocycles. The van der Waals surface area contributed by atoms with E-state index in [0.717, 1.165) is 6.42 Å². The van der Waals surface area contributed by atoms with Gasteiger partial charge in [-0.2, -0.15) is 0 Å². The van der Waals surface area contributed by atoms with Crippen LogP contribution in [0.15, 0.2) is 54.7 Å². The molecule has 2 aromatic carbocycles. The van der Waals surface area contributed by atoms with Gasteiger partial charge in [-0.05, 0) is 41.7 Å². The lowest BCUT2D eigenvalue weighted by molar-refractivity contribution is 0.428. The molecule has 0 fully saturated rings. The van der Waals surface area contributed by atoms with E-state index in [2.05, 4.69) is 56.2 Å². The molecular weight excluding hydrogens is 270 g/mol. The molecule has 3 rings (SSSR count). The zero-order chi connectivity index (χ0) is 15.7. The van der Waals surface area contributed by atoms with Crippen molar-refractivity contribution in [2.75, 3.05) is 0 Å². The van der Waals surface area contributed by atoms with Gasteiger partial charge in [-0.25, -0.2) is 0 Å². The normalized spacial score (nSPS) is 14.4. The lowest BCUT2D eigenvalue weighted by Crippen LogP contribution is -2.25. The molecule has 3 aromatic rings. The third kappa shape index (κ3) is 2.50. The number of nitrogens with one attached hydrogen (secondary N) is 1. The van der Waals surface area contributed by atoms with E-state index in [1.54, 1.807) is 12.1 Å². The number of rotatable bonds is 4. The van der Waals surface area contributed by atoms with Crippen molar-refractivity contribution in [2.24, 2.45) is 5.92 Å². The van der Waals surface area contributed by atoms with Gasteiger partial charge in [0, 0.05) is 22.5 Å². The molecule has 0 aliphatic carbocycles. The molecule has 0 amide bonds. The summed E-state index contributed by atoms with van der Waals surface area (Å²) in [5.74, 6) is 0.891. The Hall–Kier alpha value is -2.22. The maximum absolute atomic E-state index is 9.60. The fourth-order valence-electron chi connectivity index (χ4n) is 3.56. The molecule has 0 spiro atoms. The molecule has 1 heterocycles. The van der Waals surface area contributed by atoms with Gasteiger partial charge in [-0.3, -0.25) is 0 Å². The summed E-state index contributed by atoms with van der Waals surface area (Å²) < 4.78 is 0. The van der Waals surface area contributed by atoms with Crippen LogP contribution in [-0.2, 0) is 5.41 Å². The molecule has 0 aliphatic rings. The highest BCUT2D eigenvalue weighted by Crippen LogP contribution is 2.41. The minimum Gasteiger partial charge on any atom is -0.508 e. The first-order valence-corrected chi connectivity index (χ1v) is 7.87. The van der Waals surface area contributed by atoms with Crippen molar-refractivity contribution in [1.29, 1.82) is 0 Å². The second kappa shape index (κ2) is 5.53. The molecule has 1 aromatic heterocycles. The fraction of sp³-hybridized carbons (Fsp3) is 0.300. The van der Waals surface area contributed by atoms with Gasteiger partial charge in [-0.15, -0.1) is 0 Å². The molecular formula is C20H23NO. The average Bonchev–Trinajstić information content (AvgIpc) is 2.91. The molecule has 2 heteroatoms. The predicted octanol–water partition coefficient (Wildman–Crippen LogP) is 5.23. The molecule has 2 N–H and O–H groups in total. The summed E-state index contributed by atoms with van der Waals surface area (Å²) in [5.41, 5.74) is 3.65. The quantitative estimate of drug-likeness (QED) is 0.679. The summed E-state index contributed by atoms with van der Waals surface area (Å²) in [6.07, 6.45) is 3.19.